The average Bonchev–Trinajstić information content (AvgIpc) is 2.35. The quantitative estimate of drug-likeness (QED) is 0.619. The van der Waals surface area contributed by atoms with Gasteiger partial charge in [0.2, 0.25) is 0 Å². The van der Waals surface area contributed by atoms with Gasteiger partial charge in [-0.25, -0.2) is 0 Å². The lowest BCUT2D eigenvalue weighted by molar-refractivity contribution is -0.0334. The Kier molecular flexibility index (Phi) is 14.8. The van der Waals surface area contributed by atoms with E-state index in [0.717, 1.165) is 52.9 Å². The average molecular weight is 261 g/mol. The molecule has 0 aromatic rings. The molecule has 0 bridgehead atoms. The minimum atomic E-state index is 0.194. The summed E-state index contributed by atoms with van der Waals surface area (Å²) in [5, 5.41) is 0.194. The van der Waals surface area contributed by atoms with Gasteiger partial charge in [-0.2, -0.15) is 0 Å². The van der Waals surface area contributed by atoms with Crippen LogP contribution in [0.5, 0.6) is 0 Å². The molecule has 0 aromatic heterocycles. The van der Waals surface area contributed by atoms with Gasteiger partial charge in [0.25, 0.3) is 0 Å². The highest BCUT2D eigenvalue weighted by atomic mass is 35.5. The molecule has 15 heavy (non-hydrogen) atoms. The molecule has 0 atom stereocenters. The van der Waals surface area contributed by atoms with Gasteiger partial charge in [-0.1, -0.05) is 0 Å². The Bertz CT molecular complexity index is 73.3. The molecule has 0 saturated carbocycles. The Hall–Kier alpha value is 0.420. The second-order valence-corrected chi connectivity index (χ2v) is 3.36. The largest absolute Gasteiger partial charge is 0.377 e. The van der Waals surface area contributed by atoms with Crippen molar-refractivity contribution in [2.75, 3.05) is 58.2 Å². The van der Waals surface area contributed by atoms with Crippen molar-refractivity contribution >= 4 is 23.2 Å². The molecule has 2 saturated heterocycles. The van der Waals surface area contributed by atoms with Crippen LogP contribution in [0.15, 0.2) is 0 Å². The minimum absolute atomic E-state index is 0.194. The maximum atomic E-state index is 4.94. The monoisotopic (exact) mass is 260 g/mol. The van der Waals surface area contributed by atoms with Crippen molar-refractivity contribution in [1.29, 1.82) is 0 Å². The highest BCUT2D eigenvalue weighted by Crippen LogP contribution is 1.85. The summed E-state index contributed by atoms with van der Waals surface area (Å²) in [6.07, 6.45) is 0. The van der Waals surface area contributed by atoms with Crippen molar-refractivity contribution in [2.45, 2.75) is 0 Å². The van der Waals surface area contributed by atoms with Gasteiger partial charge in [-0.15, -0.1) is 23.2 Å². The van der Waals surface area contributed by atoms with Crippen LogP contribution in [0.4, 0.5) is 0 Å². The lowest BCUT2D eigenvalue weighted by Crippen LogP contribution is -2.16. The molecular formula is C9H18Cl2O4. The summed E-state index contributed by atoms with van der Waals surface area (Å²) in [6, 6.07) is 0. The van der Waals surface area contributed by atoms with Crippen LogP contribution < -0.4 is 0 Å². The summed E-state index contributed by atoms with van der Waals surface area (Å²) in [4.78, 5) is 0. The minimum Gasteiger partial charge on any atom is -0.377 e. The van der Waals surface area contributed by atoms with Crippen LogP contribution in [0.3, 0.4) is 0 Å². The van der Waals surface area contributed by atoms with Gasteiger partial charge in [0.1, 0.15) is 0 Å². The molecule has 4 nitrogen and oxygen atoms in total. The van der Waals surface area contributed by atoms with Gasteiger partial charge in [0.15, 0.2) is 0 Å². The van der Waals surface area contributed by atoms with E-state index in [1.165, 1.54) is 0 Å². The van der Waals surface area contributed by atoms with Gasteiger partial charge in [0.05, 0.1) is 58.2 Å². The summed E-state index contributed by atoms with van der Waals surface area (Å²) >= 11 is 9.53. The van der Waals surface area contributed by atoms with E-state index < -0.39 is 0 Å². The van der Waals surface area contributed by atoms with Crippen molar-refractivity contribution in [2.24, 2.45) is 0 Å². The van der Waals surface area contributed by atoms with Gasteiger partial charge in [0, 0.05) is 0 Å². The van der Waals surface area contributed by atoms with Crippen LogP contribution in [0.1, 0.15) is 0 Å². The second kappa shape index (κ2) is 14.4. The zero-order valence-corrected chi connectivity index (χ0v) is 10.3. The highest BCUT2D eigenvalue weighted by molar-refractivity contribution is 6.40. The number of hydrogen-bond acceptors (Lipinski definition) is 4. The lowest BCUT2D eigenvalue weighted by atomic mass is 10.6. The van der Waals surface area contributed by atoms with Gasteiger partial charge < -0.3 is 18.9 Å². The Morgan fingerprint density at radius 2 is 0.667 bits per heavy atom. The first kappa shape index (κ1) is 15.4. The molecule has 2 fully saturated rings. The number of halogens is 2. The van der Waals surface area contributed by atoms with Crippen molar-refractivity contribution in [1.82, 2.24) is 0 Å². The van der Waals surface area contributed by atoms with Crippen LogP contribution in [-0.4, -0.2) is 58.2 Å². The fraction of sp³-hybridized carbons (Fsp3) is 1.00. The Balaban J connectivity index is 0.000000210. The zero-order valence-electron chi connectivity index (χ0n) is 8.75. The van der Waals surface area contributed by atoms with E-state index in [4.69, 9.17) is 42.1 Å². The summed E-state index contributed by atoms with van der Waals surface area (Å²) in [5.74, 6) is 0. The van der Waals surface area contributed by atoms with E-state index in [9.17, 15) is 0 Å². The maximum Gasteiger partial charge on any atom is 0.0967 e. The van der Waals surface area contributed by atoms with E-state index in [1.54, 1.807) is 0 Å². The smallest absolute Gasteiger partial charge is 0.0967 e. The lowest BCUT2D eigenvalue weighted by Gasteiger charge is -2.09. The topological polar surface area (TPSA) is 36.9 Å². The molecule has 2 aliphatic heterocycles. The van der Waals surface area contributed by atoms with E-state index in [-0.39, 0.29) is 5.34 Å². The molecule has 92 valence electrons. The first-order valence-electron chi connectivity index (χ1n) is 4.84. The molecule has 0 amide bonds. The van der Waals surface area contributed by atoms with E-state index in [2.05, 4.69) is 0 Å². The van der Waals surface area contributed by atoms with Crippen LogP contribution >= 0.6 is 23.2 Å². The van der Waals surface area contributed by atoms with E-state index in [1.807, 2.05) is 0 Å². The molecule has 0 radical (unpaired) electrons. The summed E-state index contributed by atoms with van der Waals surface area (Å²) in [6.45, 7) is 6.22. The molecule has 2 rings (SSSR count). The van der Waals surface area contributed by atoms with E-state index in [0.29, 0.717) is 0 Å². The van der Waals surface area contributed by atoms with Crippen molar-refractivity contribution < 1.29 is 18.9 Å². The summed E-state index contributed by atoms with van der Waals surface area (Å²) < 4.78 is 19.8. The van der Waals surface area contributed by atoms with Gasteiger partial charge in [-0.3, -0.25) is 0 Å². The first-order valence-corrected chi connectivity index (χ1v) is 5.91. The maximum absolute atomic E-state index is 4.94. The van der Waals surface area contributed by atoms with Crippen LogP contribution in [0, 0.1) is 0 Å². The fourth-order valence-corrected chi connectivity index (χ4v) is 0.880. The van der Waals surface area contributed by atoms with Crippen molar-refractivity contribution in [3.8, 4) is 0 Å². The van der Waals surface area contributed by atoms with Crippen molar-refractivity contribution in [3.05, 3.63) is 0 Å². The second-order valence-electron chi connectivity index (χ2n) is 2.55. The zero-order chi connectivity index (χ0) is 11.2. The molecule has 6 heteroatoms. The van der Waals surface area contributed by atoms with Gasteiger partial charge >= 0.3 is 0 Å². The number of ether oxygens (including phenoxy) is 4. The van der Waals surface area contributed by atoms with Crippen molar-refractivity contribution in [3.63, 3.8) is 0 Å². The molecular weight excluding hydrogens is 243 g/mol. The predicted molar refractivity (Wildman–Crippen MR) is 59.8 cm³/mol. The van der Waals surface area contributed by atoms with Crippen LogP contribution in [0.2, 0.25) is 0 Å². The molecule has 0 aliphatic carbocycles. The normalized spacial score (nSPS) is 20.4. The third-order valence-corrected chi connectivity index (χ3v) is 1.49. The predicted octanol–water partition coefficient (Wildman–Crippen LogP) is 1.49. The van der Waals surface area contributed by atoms with Gasteiger partial charge in [-0.05, 0) is 0 Å². The third kappa shape index (κ3) is 14.4. The molecule has 0 spiro atoms. The van der Waals surface area contributed by atoms with Crippen LogP contribution in [0.25, 0.3) is 0 Å². The molecule has 0 unspecified atom stereocenters. The summed E-state index contributed by atoms with van der Waals surface area (Å²) in [5.41, 5.74) is 0. The molecule has 2 aliphatic rings. The first-order chi connectivity index (χ1) is 7.41. The van der Waals surface area contributed by atoms with Crippen LogP contribution in [-0.2, 0) is 18.9 Å². The fourth-order valence-electron chi connectivity index (χ4n) is 0.880. The Morgan fingerprint density at radius 3 is 0.733 bits per heavy atom. The Morgan fingerprint density at radius 1 is 0.533 bits per heavy atom. The van der Waals surface area contributed by atoms with E-state index >= 15 is 0 Å². The third-order valence-electron chi connectivity index (χ3n) is 1.49. The summed E-state index contributed by atoms with van der Waals surface area (Å²) in [7, 11) is 0. The number of rotatable bonds is 0. The molecule has 2 heterocycles. The number of alkyl halides is 2. The number of hydrogen-bond donors (Lipinski definition) is 0. The standard InChI is InChI=1S/2C4H8O2.CH2Cl2/c2*1-2-6-4-3-5-1;2-1-3/h2*1-4H2;1H2. The highest BCUT2D eigenvalue weighted by Gasteiger charge is 1.94. The molecule has 0 aromatic carbocycles. The Labute approximate surface area is 101 Å². The molecule has 0 N–H and O–H groups in total. The SMILES string of the molecule is C1COCCO1.C1COCCO1.ClCCl.